The van der Waals surface area contributed by atoms with Gasteiger partial charge in [0, 0.05) is 17.8 Å². The second kappa shape index (κ2) is 10.7. The van der Waals surface area contributed by atoms with Crippen LogP contribution in [-0.4, -0.2) is 65.0 Å². The fraction of sp³-hybridized carbons (Fsp3) is 0.375. The van der Waals surface area contributed by atoms with Crippen LogP contribution in [0.2, 0.25) is 0 Å². The summed E-state index contributed by atoms with van der Waals surface area (Å²) in [5.74, 6) is 3.79. The highest BCUT2D eigenvalue weighted by Crippen LogP contribution is 2.41. The Morgan fingerprint density at radius 1 is 0.688 bits per heavy atom. The zero-order valence-electron chi connectivity index (χ0n) is 19.5. The van der Waals surface area contributed by atoms with Crippen molar-refractivity contribution in [3.05, 3.63) is 47.7 Å². The van der Waals surface area contributed by atoms with E-state index in [1.54, 1.807) is 42.7 Å². The normalized spacial score (nSPS) is 12.8. The van der Waals surface area contributed by atoms with Crippen LogP contribution in [0.25, 0.3) is 0 Å². The molecule has 172 valence electrons. The summed E-state index contributed by atoms with van der Waals surface area (Å²) in [6, 6.07) is 7.77. The molecule has 1 aliphatic rings. The van der Waals surface area contributed by atoms with E-state index in [1.807, 2.05) is 30.3 Å². The average molecular weight is 444 g/mol. The van der Waals surface area contributed by atoms with Gasteiger partial charge in [0.25, 0.3) is 0 Å². The summed E-state index contributed by atoms with van der Waals surface area (Å²) >= 11 is 0. The molecule has 8 heteroatoms. The topological polar surface area (TPSA) is 61.6 Å². The Morgan fingerprint density at radius 2 is 1.22 bits per heavy atom. The van der Waals surface area contributed by atoms with Gasteiger partial charge in [0.1, 0.15) is 0 Å². The minimum atomic E-state index is 0.590. The molecule has 0 bridgehead atoms. The Hall–Kier alpha value is -3.55. The van der Waals surface area contributed by atoms with Gasteiger partial charge in [0.05, 0.1) is 54.8 Å². The zero-order chi connectivity index (χ0) is 23.1. The molecular weight excluding hydrogens is 412 g/mol. The number of nitrogens with zero attached hydrogens (tertiary/aromatic N) is 2. The number of hydrogen-bond donors (Lipinski definition) is 0. The van der Waals surface area contributed by atoms with Crippen LogP contribution in [0.3, 0.4) is 0 Å². The predicted octanol–water partition coefficient (Wildman–Crippen LogP) is 3.31. The third-order valence-electron chi connectivity index (χ3n) is 5.28. The van der Waals surface area contributed by atoms with Crippen molar-refractivity contribution >= 4 is 6.21 Å². The first kappa shape index (κ1) is 23.1. The lowest BCUT2D eigenvalue weighted by Crippen LogP contribution is -2.31. The molecule has 0 aromatic heterocycles. The molecule has 0 atom stereocenters. The minimum Gasteiger partial charge on any atom is -0.493 e. The molecule has 32 heavy (non-hydrogen) atoms. The van der Waals surface area contributed by atoms with Gasteiger partial charge in [-0.2, -0.15) is 0 Å². The predicted molar refractivity (Wildman–Crippen MR) is 122 cm³/mol. The molecule has 0 unspecified atom stereocenters. The molecule has 3 rings (SSSR count). The van der Waals surface area contributed by atoms with Gasteiger partial charge in [-0.3, -0.25) is 0 Å². The van der Waals surface area contributed by atoms with E-state index in [2.05, 4.69) is 21.9 Å². The standard InChI is InChI=1S/C24H31N2O6/c1-27-19-10-8-17(21(29-3)23(19)31-5)14-25-12-7-13-26(16-25)15-18-9-11-20(28-2)24(32-6)22(18)30-4/h7-13H,14-16H2,1-6H3/q+1. The Labute approximate surface area is 189 Å². The van der Waals surface area contributed by atoms with Crippen molar-refractivity contribution in [1.82, 2.24) is 4.90 Å². The van der Waals surface area contributed by atoms with E-state index >= 15 is 0 Å². The third-order valence-corrected chi connectivity index (χ3v) is 5.28. The fourth-order valence-corrected chi connectivity index (χ4v) is 3.83. The number of benzene rings is 2. The first-order valence-corrected chi connectivity index (χ1v) is 10.2. The number of ether oxygens (including phenoxy) is 6. The molecular formula is C24H31N2O6+. The first-order chi connectivity index (χ1) is 15.6. The largest absolute Gasteiger partial charge is 0.493 e. The molecule has 0 saturated heterocycles. The molecule has 0 spiro atoms. The van der Waals surface area contributed by atoms with Crippen molar-refractivity contribution < 1.29 is 33.0 Å². The van der Waals surface area contributed by atoms with Crippen molar-refractivity contribution in [3.63, 3.8) is 0 Å². The molecule has 8 nitrogen and oxygen atoms in total. The van der Waals surface area contributed by atoms with E-state index in [4.69, 9.17) is 28.4 Å². The van der Waals surface area contributed by atoms with Crippen molar-refractivity contribution in [3.8, 4) is 34.5 Å². The van der Waals surface area contributed by atoms with Crippen LogP contribution in [0, 0.1) is 0 Å². The average Bonchev–Trinajstić information content (AvgIpc) is 2.83. The van der Waals surface area contributed by atoms with Gasteiger partial charge in [-0.25, -0.2) is 4.58 Å². The van der Waals surface area contributed by atoms with Crippen LogP contribution in [0.5, 0.6) is 34.5 Å². The van der Waals surface area contributed by atoms with Crippen LogP contribution in [-0.2, 0) is 13.1 Å². The van der Waals surface area contributed by atoms with Gasteiger partial charge >= 0.3 is 0 Å². The molecule has 0 saturated carbocycles. The molecule has 0 aliphatic carbocycles. The van der Waals surface area contributed by atoms with E-state index < -0.39 is 0 Å². The lowest BCUT2D eigenvalue weighted by atomic mass is 10.1. The van der Waals surface area contributed by atoms with Crippen LogP contribution in [0.1, 0.15) is 11.1 Å². The van der Waals surface area contributed by atoms with E-state index in [0.717, 1.165) is 11.1 Å². The molecule has 2 aromatic rings. The molecule has 0 amide bonds. The van der Waals surface area contributed by atoms with Crippen molar-refractivity contribution in [1.29, 1.82) is 0 Å². The monoisotopic (exact) mass is 443 g/mol. The molecule has 0 N–H and O–H groups in total. The quantitative estimate of drug-likeness (QED) is 0.522. The van der Waals surface area contributed by atoms with E-state index in [9.17, 15) is 0 Å². The van der Waals surface area contributed by atoms with Gasteiger partial charge in [-0.1, -0.05) is 0 Å². The summed E-state index contributed by atoms with van der Waals surface area (Å²) in [5.41, 5.74) is 2.00. The smallest absolute Gasteiger partial charge is 0.218 e. The maximum Gasteiger partial charge on any atom is 0.218 e. The summed E-state index contributed by atoms with van der Waals surface area (Å²) in [7, 11) is 9.71. The molecule has 0 radical (unpaired) electrons. The van der Waals surface area contributed by atoms with E-state index in [1.165, 1.54) is 0 Å². The summed E-state index contributed by atoms with van der Waals surface area (Å²) in [6.07, 6.45) is 6.13. The highest BCUT2D eigenvalue weighted by Gasteiger charge is 2.23. The number of rotatable bonds is 10. The number of hydrogen-bond acceptors (Lipinski definition) is 7. The highest BCUT2D eigenvalue weighted by atomic mass is 16.5. The van der Waals surface area contributed by atoms with Crippen LogP contribution in [0.15, 0.2) is 36.5 Å². The Kier molecular flexibility index (Phi) is 7.70. The lowest BCUT2D eigenvalue weighted by Gasteiger charge is -2.23. The minimum absolute atomic E-state index is 0.590. The van der Waals surface area contributed by atoms with Crippen LogP contribution >= 0.6 is 0 Å². The molecule has 0 fully saturated rings. The number of allylic oxidation sites excluding steroid dienone is 1. The summed E-state index contributed by atoms with van der Waals surface area (Å²) in [5, 5.41) is 0. The van der Waals surface area contributed by atoms with Crippen molar-refractivity contribution in [2.24, 2.45) is 0 Å². The maximum atomic E-state index is 5.63. The maximum absolute atomic E-state index is 5.63. The first-order valence-electron chi connectivity index (χ1n) is 10.2. The fourth-order valence-electron chi connectivity index (χ4n) is 3.83. The Bertz CT molecular complexity index is 1000. The Morgan fingerprint density at radius 3 is 1.75 bits per heavy atom. The van der Waals surface area contributed by atoms with Gasteiger partial charge in [-0.05, 0) is 24.3 Å². The van der Waals surface area contributed by atoms with Crippen molar-refractivity contribution in [2.75, 3.05) is 49.3 Å². The lowest BCUT2D eigenvalue weighted by molar-refractivity contribution is -0.559. The molecule has 1 aliphatic heterocycles. The van der Waals surface area contributed by atoms with E-state index in [-0.39, 0.29) is 0 Å². The number of methoxy groups -OCH3 is 6. The summed E-state index contributed by atoms with van der Waals surface area (Å²) < 4.78 is 35.3. The Balaban J connectivity index is 1.79. The highest BCUT2D eigenvalue weighted by molar-refractivity contribution is 5.66. The van der Waals surface area contributed by atoms with Gasteiger partial charge in [0.15, 0.2) is 35.8 Å². The summed E-state index contributed by atoms with van der Waals surface area (Å²) in [4.78, 5) is 2.19. The molecule has 2 aromatic carbocycles. The second-order valence-corrected chi connectivity index (χ2v) is 7.11. The van der Waals surface area contributed by atoms with Gasteiger partial charge in [0.2, 0.25) is 18.2 Å². The van der Waals surface area contributed by atoms with Crippen LogP contribution < -0.4 is 28.4 Å². The van der Waals surface area contributed by atoms with E-state index in [0.29, 0.717) is 54.3 Å². The summed E-state index contributed by atoms with van der Waals surface area (Å²) in [6.45, 7) is 1.98. The second-order valence-electron chi connectivity index (χ2n) is 7.11. The zero-order valence-corrected chi connectivity index (χ0v) is 19.5. The van der Waals surface area contributed by atoms with Gasteiger partial charge in [-0.15, -0.1) is 0 Å². The third kappa shape index (κ3) is 4.69. The SMILES string of the molecule is COc1ccc(CN2C=CC=[N+](Cc3ccc(OC)c(OC)c3OC)C2)c(OC)c1OC. The van der Waals surface area contributed by atoms with Crippen LogP contribution in [0.4, 0.5) is 0 Å². The molecule has 1 heterocycles. The van der Waals surface area contributed by atoms with Crippen molar-refractivity contribution in [2.45, 2.75) is 13.1 Å². The van der Waals surface area contributed by atoms with Gasteiger partial charge < -0.3 is 33.3 Å².